The SMILES string of the molecule is O=C(NC1C2CN3CCN(C2)CC1(c1ccccc1)C3)c1ccccn1. The fourth-order valence-electron chi connectivity index (χ4n) is 5.28. The van der Waals surface area contributed by atoms with Crippen LogP contribution >= 0.6 is 0 Å². The summed E-state index contributed by atoms with van der Waals surface area (Å²) in [5, 5.41) is 3.39. The van der Waals surface area contributed by atoms with Gasteiger partial charge >= 0.3 is 0 Å². The van der Waals surface area contributed by atoms with E-state index < -0.39 is 0 Å². The van der Waals surface area contributed by atoms with E-state index in [0.717, 1.165) is 39.3 Å². The van der Waals surface area contributed by atoms with E-state index in [1.807, 2.05) is 12.1 Å². The third-order valence-corrected chi connectivity index (χ3v) is 6.33. The number of fused-ring (bicyclic) bond motifs is 1. The molecule has 134 valence electrons. The molecule has 0 aliphatic carbocycles. The highest BCUT2D eigenvalue weighted by Gasteiger charge is 2.55. The average molecular weight is 348 g/mol. The van der Waals surface area contributed by atoms with Gasteiger partial charge in [0.25, 0.3) is 5.91 Å². The van der Waals surface area contributed by atoms with Gasteiger partial charge in [-0.25, -0.2) is 0 Å². The summed E-state index contributed by atoms with van der Waals surface area (Å²) in [6, 6.07) is 16.4. The molecule has 4 saturated heterocycles. The van der Waals surface area contributed by atoms with Gasteiger partial charge in [0, 0.05) is 62.8 Å². The topological polar surface area (TPSA) is 48.5 Å². The minimum absolute atomic E-state index is 0.0522. The normalized spacial score (nSPS) is 35.1. The molecule has 4 aliphatic rings. The van der Waals surface area contributed by atoms with Gasteiger partial charge in [-0.05, 0) is 17.7 Å². The second kappa shape index (κ2) is 6.18. The van der Waals surface area contributed by atoms with Gasteiger partial charge in [0.15, 0.2) is 0 Å². The molecular weight excluding hydrogens is 324 g/mol. The van der Waals surface area contributed by atoms with E-state index >= 15 is 0 Å². The van der Waals surface area contributed by atoms with Crippen molar-refractivity contribution in [2.75, 3.05) is 39.3 Å². The van der Waals surface area contributed by atoms with E-state index in [0.29, 0.717) is 11.6 Å². The van der Waals surface area contributed by atoms with Gasteiger partial charge in [0.05, 0.1) is 0 Å². The van der Waals surface area contributed by atoms with Gasteiger partial charge < -0.3 is 15.1 Å². The number of carbonyl (C=O) groups excluding carboxylic acids is 1. The molecule has 3 unspecified atom stereocenters. The maximum atomic E-state index is 12.9. The lowest BCUT2D eigenvalue weighted by atomic mass is 9.64. The molecule has 5 heterocycles. The van der Waals surface area contributed by atoms with Crippen LogP contribution in [0.2, 0.25) is 0 Å². The number of hydrogen-bond donors (Lipinski definition) is 1. The van der Waals surface area contributed by atoms with Crippen molar-refractivity contribution >= 4 is 5.91 Å². The van der Waals surface area contributed by atoms with E-state index in [4.69, 9.17) is 0 Å². The van der Waals surface area contributed by atoms with Crippen LogP contribution < -0.4 is 5.32 Å². The Bertz CT molecular complexity index is 778. The molecule has 1 N–H and O–H groups in total. The van der Waals surface area contributed by atoms with Crippen molar-refractivity contribution in [1.29, 1.82) is 0 Å². The monoisotopic (exact) mass is 348 g/mol. The lowest BCUT2D eigenvalue weighted by Crippen LogP contribution is -2.70. The Labute approximate surface area is 154 Å². The number of aromatic nitrogens is 1. The molecule has 0 radical (unpaired) electrons. The Morgan fingerprint density at radius 2 is 1.69 bits per heavy atom. The number of rotatable bonds is 3. The minimum atomic E-state index is -0.0537. The number of hydrogen-bond acceptors (Lipinski definition) is 4. The fourth-order valence-corrected chi connectivity index (χ4v) is 5.28. The number of amides is 1. The highest BCUT2D eigenvalue weighted by atomic mass is 16.2. The molecule has 4 fully saturated rings. The van der Waals surface area contributed by atoms with Gasteiger partial charge in [-0.2, -0.15) is 0 Å². The zero-order valence-electron chi connectivity index (χ0n) is 14.8. The van der Waals surface area contributed by atoms with E-state index in [1.54, 1.807) is 12.3 Å². The second-order valence-corrected chi connectivity index (χ2v) is 7.92. The predicted octanol–water partition coefficient (Wildman–Crippen LogP) is 1.38. The molecular formula is C21H24N4O. The summed E-state index contributed by atoms with van der Waals surface area (Å²) in [7, 11) is 0. The Hall–Kier alpha value is -2.24. The Morgan fingerprint density at radius 1 is 1.00 bits per heavy atom. The van der Waals surface area contributed by atoms with Gasteiger partial charge in [-0.3, -0.25) is 9.78 Å². The van der Waals surface area contributed by atoms with Crippen LogP contribution in [0.5, 0.6) is 0 Å². The Morgan fingerprint density at radius 3 is 2.35 bits per heavy atom. The number of carbonyl (C=O) groups is 1. The number of benzene rings is 1. The van der Waals surface area contributed by atoms with Crippen molar-refractivity contribution in [3.8, 4) is 0 Å². The van der Waals surface area contributed by atoms with Gasteiger partial charge in [0.1, 0.15) is 5.69 Å². The smallest absolute Gasteiger partial charge is 0.270 e. The van der Waals surface area contributed by atoms with Crippen molar-refractivity contribution in [2.45, 2.75) is 11.5 Å². The molecule has 1 aromatic heterocycles. The van der Waals surface area contributed by atoms with Crippen molar-refractivity contribution in [3.05, 3.63) is 66.0 Å². The van der Waals surface area contributed by atoms with Crippen LogP contribution in [-0.4, -0.2) is 66.0 Å². The van der Waals surface area contributed by atoms with Gasteiger partial charge in [-0.1, -0.05) is 36.4 Å². The average Bonchev–Trinajstić information content (AvgIpc) is 2.94. The van der Waals surface area contributed by atoms with Crippen LogP contribution in [0.1, 0.15) is 16.1 Å². The molecule has 3 atom stereocenters. The van der Waals surface area contributed by atoms with E-state index in [2.05, 4.69) is 50.4 Å². The van der Waals surface area contributed by atoms with Crippen LogP contribution in [0.3, 0.4) is 0 Å². The Balaban J connectivity index is 1.53. The number of pyridine rings is 1. The summed E-state index contributed by atoms with van der Waals surface area (Å²) in [5.41, 5.74) is 1.79. The zero-order chi connectivity index (χ0) is 17.6. The number of piperidine rings is 2. The van der Waals surface area contributed by atoms with Gasteiger partial charge in [-0.15, -0.1) is 0 Å². The molecule has 2 aromatic rings. The summed E-state index contributed by atoms with van der Waals surface area (Å²) in [6.45, 7) is 6.42. The molecule has 4 aliphatic heterocycles. The maximum absolute atomic E-state index is 12.9. The third kappa shape index (κ3) is 2.54. The fraction of sp³-hybridized carbons (Fsp3) is 0.429. The third-order valence-electron chi connectivity index (χ3n) is 6.33. The molecule has 1 aromatic carbocycles. The summed E-state index contributed by atoms with van der Waals surface area (Å²) >= 11 is 0. The van der Waals surface area contributed by atoms with E-state index in [-0.39, 0.29) is 17.4 Å². The molecule has 6 rings (SSSR count). The van der Waals surface area contributed by atoms with Crippen LogP contribution in [-0.2, 0) is 5.41 Å². The lowest BCUT2D eigenvalue weighted by Gasteiger charge is -2.55. The molecule has 26 heavy (non-hydrogen) atoms. The minimum Gasteiger partial charge on any atom is -0.347 e. The first-order valence-electron chi connectivity index (χ1n) is 9.47. The van der Waals surface area contributed by atoms with Crippen LogP contribution in [0.15, 0.2) is 54.7 Å². The highest BCUT2D eigenvalue weighted by molar-refractivity contribution is 5.92. The van der Waals surface area contributed by atoms with Gasteiger partial charge in [0.2, 0.25) is 0 Å². The largest absolute Gasteiger partial charge is 0.347 e. The number of nitrogens with zero attached hydrogens (tertiary/aromatic N) is 3. The number of nitrogens with one attached hydrogen (secondary N) is 1. The molecule has 0 spiro atoms. The zero-order valence-corrected chi connectivity index (χ0v) is 14.8. The van der Waals surface area contributed by atoms with Crippen molar-refractivity contribution < 1.29 is 4.79 Å². The van der Waals surface area contributed by atoms with Crippen molar-refractivity contribution in [2.24, 2.45) is 5.92 Å². The maximum Gasteiger partial charge on any atom is 0.270 e. The first-order chi connectivity index (χ1) is 12.7. The highest BCUT2D eigenvalue weighted by Crippen LogP contribution is 2.43. The standard InChI is InChI=1S/C21H24N4O/c26-20(18-8-4-5-9-22-18)23-19-16-12-24-10-11-25(13-16)15-21(19,14-24)17-6-2-1-3-7-17/h1-9,16,19H,10-15H2,(H,23,26). The second-order valence-electron chi connectivity index (χ2n) is 7.92. The summed E-state index contributed by atoms with van der Waals surface area (Å²) < 4.78 is 0. The first-order valence-corrected chi connectivity index (χ1v) is 9.47. The quantitative estimate of drug-likeness (QED) is 0.910. The lowest BCUT2D eigenvalue weighted by molar-refractivity contribution is 0.0179. The molecule has 5 heteroatoms. The Kier molecular flexibility index (Phi) is 3.80. The summed E-state index contributed by atoms with van der Waals surface area (Å²) in [6.07, 6.45) is 1.68. The summed E-state index contributed by atoms with van der Waals surface area (Å²) in [4.78, 5) is 22.3. The van der Waals surface area contributed by atoms with Crippen LogP contribution in [0.25, 0.3) is 0 Å². The molecule has 4 bridgehead atoms. The van der Waals surface area contributed by atoms with Crippen LogP contribution in [0.4, 0.5) is 0 Å². The van der Waals surface area contributed by atoms with Crippen molar-refractivity contribution in [3.63, 3.8) is 0 Å². The van der Waals surface area contributed by atoms with E-state index in [9.17, 15) is 4.79 Å². The first kappa shape index (κ1) is 16.0. The van der Waals surface area contributed by atoms with Crippen molar-refractivity contribution in [1.82, 2.24) is 20.1 Å². The summed E-state index contributed by atoms with van der Waals surface area (Å²) in [5.74, 6) is 0.398. The van der Waals surface area contributed by atoms with E-state index in [1.165, 1.54) is 5.56 Å². The molecule has 5 nitrogen and oxygen atoms in total. The molecule has 1 amide bonds. The molecule has 0 saturated carbocycles. The van der Waals surface area contributed by atoms with Crippen LogP contribution in [0, 0.1) is 5.92 Å². The predicted molar refractivity (Wildman–Crippen MR) is 100.0 cm³/mol.